The van der Waals surface area contributed by atoms with Gasteiger partial charge in [-0.3, -0.25) is 0 Å². The van der Waals surface area contributed by atoms with E-state index < -0.39 is 0 Å². The molecule has 0 heterocycles. The summed E-state index contributed by atoms with van der Waals surface area (Å²) in [6, 6.07) is 1.08. The normalized spacial score (nSPS) is 15.4. The average molecular weight is 181 g/mol. The first-order chi connectivity index (χ1) is 6.10. The van der Waals surface area contributed by atoms with Crippen molar-refractivity contribution in [2.45, 2.75) is 59.0 Å². The summed E-state index contributed by atoms with van der Waals surface area (Å²) in [5.74, 6) is 3.47. The van der Waals surface area contributed by atoms with Gasteiger partial charge < -0.3 is 5.32 Å². The largest absolute Gasteiger partial charge is 0.311 e. The van der Waals surface area contributed by atoms with E-state index in [9.17, 15) is 0 Å². The maximum Gasteiger partial charge on any atom is 0.0240 e. The highest BCUT2D eigenvalue weighted by molar-refractivity contribution is 4.90. The van der Waals surface area contributed by atoms with Gasteiger partial charge in [0, 0.05) is 18.5 Å². The third-order valence-electron chi connectivity index (χ3n) is 2.20. The maximum absolute atomic E-state index is 5.29. The molecule has 2 unspecified atom stereocenters. The van der Waals surface area contributed by atoms with E-state index in [2.05, 4.69) is 38.9 Å². The number of hydrogen-bond donors (Lipinski definition) is 1. The monoisotopic (exact) mass is 181 g/mol. The highest BCUT2D eigenvalue weighted by atomic mass is 14.9. The third kappa shape index (κ3) is 6.66. The zero-order valence-electron chi connectivity index (χ0n) is 9.43. The van der Waals surface area contributed by atoms with Crippen LogP contribution in [0.5, 0.6) is 0 Å². The molecule has 0 radical (unpaired) electrons. The zero-order valence-corrected chi connectivity index (χ0v) is 9.43. The number of terminal acetylenes is 1. The Morgan fingerprint density at radius 2 is 1.92 bits per heavy atom. The maximum atomic E-state index is 5.29. The molecule has 1 N–H and O–H groups in total. The summed E-state index contributed by atoms with van der Waals surface area (Å²) in [6.07, 6.45) is 8.48. The molecular weight excluding hydrogens is 158 g/mol. The topological polar surface area (TPSA) is 12.0 Å². The molecular formula is C12H23N. The molecule has 0 aliphatic heterocycles. The van der Waals surface area contributed by atoms with Crippen molar-refractivity contribution in [3.63, 3.8) is 0 Å². The summed E-state index contributed by atoms with van der Waals surface area (Å²) < 4.78 is 0. The third-order valence-corrected chi connectivity index (χ3v) is 2.20. The van der Waals surface area contributed by atoms with Crippen LogP contribution in [0.2, 0.25) is 0 Å². The summed E-state index contributed by atoms with van der Waals surface area (Å²) in [5.41, 5.74) is 0. The lowest BCUT2D eigenvalue weighted by Gasteiger charge is -2.21. The van der Waals surface area contributed by atoms with Gasteiger partial charge in [0.2, 0.25) is 0 Å². The minimum atomic E-state index is 0.499. The van der Waals surface area contributed by atoms with Crippen molar-refractivity contribution in [2.24, 2.45) is 5.92 Å². The standard InChI is InChI=1S/C12H23N/c1-6-8-12(7-2)13-11(5)9-10(3)4/h1,10-13H,7-9H2,2-5H3. The van der Waals surface area contributed by atoms with Gasteiger partial charge in [-0.25, -0.2) is 0 Å². The van der Waals surface area contributed by atoms with Crippen molar-refractivity contribution in [1.82, 2.24) is 5.32 Å². The highest BCUT2D eigenvalue weighted by Gasteiger charge is 2.09. The van der Waals surface area contributed by atoms with E-state index in [-0.39, 0.29) is 0 Å². The van der Waals surface area contributed by atoms with Crippen molar-refractivity contribution in [1.29, 1.82) is 0 Å². The predicted octanol–water partition coefficient (Wildman–Crippen LogP) is 2.81. The Bertz CT molecular complexity index is 155. The Balaban J connectivity index is 3.73. The predicted molar refractivity (Wildman–Crippen MR) is 59.6 cm³/mol. The van der Waals surface area contributed by atoms with E-state index in [0.717, 1.165) is 18.8 Å². The molecule has 0 aliphatic carbocycles. The second-order valence-corrected chi connectivity index (χ2v) is 4.21. The smallest absolute Gasteiger partial charge is 0.0240 e. The molecule has 2 atom stereocenters. The second-order valence-electron chi connectivity index (χ2n) is 4.21. The van der Waals surface area contributed by atoms with Gasteiger partial charge in [0.15, 0.2) is 0 Å². The van der Waals surface area contributed by atoms with Crippen LogP contribution in [-0.4, -0.2) is 12.1 Å². The summed E-state index contributed by atoms with van der Waals surface area (Å²) in [5, 5.41) is 3.56. The van der Waals surface area contributed by atoms with E-state index in [1.54, 1.807) is 0 Å². The van der Waals surface area contributed by atoms with Crippen LogP contribution in [0.25, 0.3) is 0 Å². The molecule has 0 aromatic carbocycles. The number of nitrogens with one attached hydrogen (secondary N) is 1. The van der Waals surface area contributed by atoms with Crippen LogP contribution < -0.4 is 5.32 Å². The van der Waals surface area contributed by atoms with E-state index in [0.29, 0.717) is 12.1 Å². The minimum Gasteiger partial charge on any atom is -0.311 e. The molecule has 0 amide bonds. The quantitative estimate of drug-likeness (QED) is 0.621. The summed E-state index contributed by atoms with van der Waals surface area (Å²) in [6.45, 7) is 8.91. The van der Waals surface area contributed by atoms with E-state index in [1.165, 1.54) is 6.42 Å². The molecule has 0 aromatic rings. The van der Waals surface area contributed by atoms with Crippen LogP contribution in [0.4, 0.5) is 0 Å². The van der Waals surface area contributed by atoms with Crippen molar-refractivity contribution < 1.29 is 0 Å². The molecule has 0 bridgehead atoms. The van der Waals surface area contributed by atoms with Crippen molar-refractivity contribution in [3.05, 3.63) is 0 Å². The first kappa shape index (κ1) is 12.5. The summed E-state index contributed by atoms with van der Waals surface area (Å²) >= 11 is 0. The molecule has 76 valence electrons. The van der Waals surface area contributed by atoms with Gasteiger partial charge in [-0.05, 0) is 25.7 Å². The Labute approximate surface area is 83.3 Å². The molecule has 0 saturated heterocycles. The Hall–Kier alpha value is -0.480. The van der Waals surface area contributed by atoms with Gasteiger partial charge in [-0.1, -0.05) is 20.8 Å². The van der Waals surface area contributed by atoms with Crippen LogP contribution in [0.3, 0.4) is 0 Å². The highest BCUT2D eigenvalue weighted by Crippen LogP contribution is 2.06. The molecule has 0 spiro atoms. The second kappa shape index (κ2) is 6.97. The number of hydrogen-bond acceptors (Lipinski definition) is 1. The number of rotatable bonds is 6. The average Bonchev–Trinajstić information content (AvgIpc) is 2.02. The lowest BCUT2D eigenvalue weighted by molar-refractivity contribution is 0.385. The first-order valence-corrected chi connectivity index (χ1v) is 5.29. The zero-order chi connectivity index (χ0) is 10.3. The summed E-state index contributed by atoms with van der Waals surface area (Å²) in [7, 11) is 0. The fraction of sp³-hybridized carbons (Fsp3) is 0.833. The molecule has 1 heteroatoms. The molecule has 0 aromatic heterocycles. The van der Waals surface area contributed by atoms with Gasteiger partial charge in [-0.15, -0.1) is 12.3 Å². The summed E-state index contributed by atoms with van der Waals surface area (Å²) in [4.78, 5) is 0. The van der Waals surface area contributed by atoms with Crippen LogP contribution in [-0.2, 0) is 0 Å². The van der Waals surface area contributed by atoms with Crippen LogP contribution in [0.15, 0.2) is 0 Å². The Kier molecular flexibility index (Phi) is 6.72. The van der Waals surface area contributed by atoms with Crippen LogP contribution in [0, 0.1) is 18.3 Å². The fourth-order valence-corrected chi connectivity index (χ4v) is 1.64. The van der Waals surface area contributed by atoms with Gasteiger partial charge in [0.25, 0.3) is 0 Å². The van der Waals surface area contributed by atoms with E-state index >= 15 is 0 Å². The molecule has 0 fully saturated rings. The molecule has 0 rings (SSSR count). The van der Waals surface area contributed by atoms with Crippen molar-refractivity contribution in [2.75, 3.05) is 0 Å². The Morgan fingerprint density at radius 1 is 1.31 bits per heavy atom. The first-order valence-electron chi connectivity index (χ1n) is 5.29. The molecule has 1 nitrogen and oxygen atoms in total. The molecule has 13 heavy (non-hydrogen) atoms. The fourth-order valence-electron chi connectivity index (χ4n) is 1.64. The lowest BCUT2D eigenvalue weighted by atomic mass is 10.0. The molecule has 0 aliphatic rings. The Morgan fingerprint density at radius 3 is 2.31 bits per heavy atom. The SMILES string of the molecule is C#CCC(CC)NC(C)CC(C)C. The van der Waals surface area contributed by atoms with Crippen LogP contribution in [0.1, 0.15) is 47.0 Å². The molecule has 0 saturated carbocycles. The minimum absolute atomic E-state index is 0.499. The van der Waals surface area contributed by atoms with Crippen LogP contribution >= 0.6 is 0 Å². The van der Waals surface area contributed by atoms with E-state index in [1.807, 2.05) is 0 Å². The lowest BCUT2D eigenvalue weighted by Crippen LogP contribution is -2.36. The van der Waals surface area contributed by atoms with Crippen molar-refractivity contribution >= 4 is 0 Å². The van der Waals surface area contributed by atoms with Gasteiger partial charge in [0.1, 0.15) is 0 Å². The van der Waals surface area contributed by atoms with E-state index in [4.69, 9.17) is 6.42 Å². The van der Waals surface area contributed by atoms with Gasteiger partial charge >= 0.3 is 0 Å². The van der Waals surface area contributed by atoms with Gasteiger partial charge in [0.05, 0.1) is 0 Å². The van der Waals surface area contributed by atoms with Crippen molar-refractivity contribution in [3.8, 4) is 12.3 Å². The van der Waals surface area contributed by atoms with Gasteiger partial charge in [-0.2, -0.15) is 0 Å².